The maximum absolute atomic E-state index is 12.1. The summed E-state index contributed by atoms with van der Waals surface area (Å²) in [6, 6.07) is 0. The number of fused-ring (bicyclic) bond motifs is 1. The topological polar surface area (TPSA) is 276 Å². The maximum atomic E-state index is 12.1. The van der Waals surface area contributed by atoms with E-state index in [0.717, 1.165) is 18.4 Å². The van der Waals surface area contributed by atoms with E-state index >= 15 is 0 Å². The molecule has 0 amide bonds. The Kier molecular flexibility index (Phi) is 15.3. The minimum Gasteiger partial charge on any atom is -0.388 e. The Labute approximate surface area is 358 Å². The van der Waals surface area contributed by atoms with Crippen molar-refractivity contribution in [3.63, 3.8) is 0 Å². The normalized spacial score (nSPS) is 53.0. The number of allylic oxidation sites excluding steroid dienone is 1. The van der Waals surface area contributed by atoms with Gasteiger partial charge in [-0.2, -0.15) is 0 Å². The van der Waals surface area contributed by atoms with Gasteiger partial charge in [0.1, 0.15) is 73.2 Å². The molecule has 25 atom stereocenters. The second-order valence-corrected chi connectivity index (χ2v) is 19.2. The molecule has 352 valence electrons. The molecule has 0 aromatic rings. The van der Waals surface area contributed by atoms with Crippen molar-refractivity contribution in [3.8, 4) is 0 Å². The van der Waals surface area contributed by atoms with Gasteiger partial charge < -0.3 is 89.0 Å². The van der Waals surface area contributed by atoms with Crippen LogP contribution in [-0.4, -0.2) is 186 Å². The quantitative estimate of drug-likeness (QED) is 0.111. The molecule has 0 aromatic heterocycles. The Morgan fingerprint density at radius 3 is 1.82 bits per heavy atom. The number of ether oxygens (including phenoxy) is 8. The van der Waals surface area contributed by atoms with Crippen LogP contribution < -0.4 is 0 Å². The van der Waals surface area contributed by atoms with Crippen molar-refractivity contribution in [2.75, 3.05) is 6.61 Å². The SMILES string of the molecule is C=C[C@](C)(CC[C@]1(C)[C@@H](C)C[C@H](O[C@@H]2O[C@@H](C)[C@H](O[C@@H]3O[C@H](C)[C@H](O)[C@H](O)[C@H]3O)[C@@H](O)[C@H]2O[C@@H]2O[C@H](C)[C@H](O)[C@H](O)[C@H]2O)[C@]2(C)C(C)=CCC[C@@H]12)O[C@@H]1OC[C@H](O)[C@H](O)[C@H]1O. The zero-order valence-corrected chi connectivity index (χ0v) is 36.5. The van der Waals surface area contributed by atoms with Gasteiger partial charge in [-0.25, -0.2) is 0 Å². The summed E-state index contributed by atoms with van der Waals surface area (Å²) < 4.78 is 49.2. The van der Waals surface area contributed by atoms with E-state index in [1.165, 1.54) is 13.8 Å². The largest absolute Gasteiger partial charge is 0.388 e. The monoisotopic (exact) mass is 876 g/mol. The van der Waals surface area contributed by atoms with Crippen LogP contribution in [0.2, 0.25) is 0 Å². The van der Waals surface area contributed by atoms with Crippen LogP contribution >= 0.6 is 0 Å². The number of hydrogen-bond donors (Lipinski definition) is 10. The van der Waals surface area contributed by atoms with Gasteiger partial charge in [0, 0.05) is 5.41 Å². The molecule has 2 aliphatic carbocycles. The fourth-order valence-corrected chi connectivity index (χ4v) is 10.6. The smallest absolute Gasteiger partial charge is 0.187 e. The third-order valence-electron chi connectivity index (χ3n) is 15.3. The first kappa shape index (κ1) is 49.2. The number of aliphatic hydroxyl groups is 10. The van der Waals surface area contributed by atoms with Gasteiger partial charge in [0.25, 0.3) is 0 Å². The molecule has 4 aliphatic heterocycles. The van der Waals surface area contributed by atoms with Crippen LogP contribution in [-0.2, 0) is 37.9 Å². The summed E-state index contributed by atoms with van der Waals surface area (Å²) in [4.78, 5) is 0. The first-order valence-corrected chi connectivity index (χ1v) is 21.8. The Balaban J connectivity index is 1.26. The van der Waals surface area contributed by atoms with Crippen molar-refractivity contribution in [1.82, 2.24) is 0 Å². The highest BCUT2D eigenvalue weighted by Crippen LogP contribution is 2.63. The molecule has 18 heteroatoms. The zero-order chi connectivity index (χ0) is 45.1. The van der Waals surface area contributed by atoms with E-state index in [0.29, 0.717) is 19.3 Å². The van der Waals surface area contributed by atoms with Gasteiger partial charge in [0.2, 0.25) is 0 Å². The van der Waals surface area contributed by atoms with Crippen molar-refractivity contribution in [3.05, 3.63) is 24.3 Å². The Morgan fingerprint density at radius 1 is 0.705 bits per heavy atom. The third-order valence-corrected chi connectivity index (χ3v) is 15.3. The molecule has 6 aliphatic rings. The third kappa shape index (κ3) is 9.29. The fourth-order valence-electron chi connectivity index (χ4n) is 10.6. The summed E-state index contributed by atoms with van der Waals surface area (Å²) in [5, 5.41) is 107. The van der Waals surface area contributed by atoms with Gasteiger partial charge in [-0.15, -0.1) is 6.58 Å². The minimum atomic E-state index is -1.73. The lowest BCUT2D eigenvalue weighted by Crippen LogP contribution is -2.66. The lowest BCUT2D eigenvalue weighted by Gasteiger charge is -2.62. The summed E-state index contributed by atoms with van der Waals surface area (Å²) in [7, 11) is 0. The van der Waals surface area contributed by atoms with Crippen molar-refractivity contribution < 1.29 is 89.0 Å². The predicted octanol–water partition coefficient (Wildman–Crippen LogP) is -0.508. The summed E-state index contributed by atoms with van der Waals surface area (Å²) in [6.07, 6.45) is -19.4. The van der Waals surface area contributed by atoms with Crippen LogP contribution in [0.1, 0.15) is 87.5 Å². The molecule has 0 aromatic carbocycles. The van der Waals surface area contributed by atoms with Crippen LogP contribution in [0, 0.1) is 22.7 Å². The van der Waals surface area contributed by atoms with E-state index in [4.69, 9.17) is 37.9 Å². The second-order valence-electron chi connectivity index (χ2n) is 19.2. The lowest BCUT2D eigenvalue weighted by atomic mass is 9.45. The second kappa shape index (κ2) is 18.9. The molecule has 5 fully saturated rings. The van der Waals surface area contributed by atoms with Crippen molar-refractivity contribution in [1.29, 1.82) is 0 Å². The summed E-state index contributed by atoms with van der Waals surface area (Å²) in [5.74, 6) is 0.0949. The molecule has 10 N–H and O–H groups in total. The maximum Gasteiger partial charge on any atom is 0.187 e. The highest BCUT2D eigenvalue weighted by Gasteiger charge is 2.61. The molecule has 4 heterocycles. The van der Waals surface area contributed by atoms with Crippen LogP contribution in [0.5, 0.6) is 0 Å². The number of rotatable bonds is 12. The van der Waals surface area contributed by atoms with E-state index < -0.39 is 134 Å². The molecule has 0 spiro atoms. The Morgan fingerprint density at radius 2 is 1.25 bits per heavy atom. The van der Waals surface area contributed by atoms with Gasteiger partial charge in [-0.1, -0.05) is 38.5 Å². The number of aliphatic hydroxyl groups excluding tert-OH is 10. The molecule has 6 rings (SSSR count). The Bertz CT molecular complexity index is 1520. The minimum absolute atomic E-state index is 0.0418. The summed E-state index contributed by atoms with van der Waals surface area (Å²) >= 11 is 0. The van der Waals surface area contributed by atoms with E-state index in [1.807, 2.05) is 6.92 Å². The molecular formula is C43H72O18. The van der Waals surface area contributed by atoms with Crippen molar-refractivity contribution >= 4 is 0 Å². The van der Waals surface area contributed by atoms with E-state index in [9.17, 15) is 51.1 Å². The molecule has 0 radical (unpaired) electrons. The summed E-state index contributed by atoms with van der Waals surface area (Å²) in [6.45, 7) is 19.0. The van der Waals surface area contributed by atoms with E-state index in [1.54, 1.807) is 13.0 Å². The van der Waals surface area contributed by atoms with Crippen LogP contribution in [0.25, 0.3) is 0 Å². The average molecular weight is 877 g/mol. The molecule has 1 saturated carbocycles. The standard InChI is InChI=1S/C43H72O18/c1-10-41(7,61-37-31(50)28(47)23(44)17-54-37)14-15-42(8)19(3)16-25(43(9)18(2)12-11-13-24(42)43)58-40-36(60-39-33(52)30(49)27(46)21(5)56-39)34(53)35(22(6)57-40)59-38-32(51)29(48)26(45)20(4)55-38/h10,12,19-40,44-53H,1,11,13-17H2,2-9H3/t19-,20+,21+,22-,23-,24-,25-,26-,27-,28-,29-,30-,31+,32+,33+,34+,35-,36+,37-,38-,39-,40-,41+,42+,43+/m0/s1. The first-order valence-electron chi connectivity index (χ1n) is 21.8. The molecule has 0 unspecified atom stereocenters. The van der Waals surface area contributed by atoms with E-state index in [-0.39, 0.29) is 23.9 Å². The van der Waals surface area contributed by atoms with Crippen molar-refractivity contribution in [2.24, 2.45) is 22.7 Å². The highest BCUT2D eigenvalue weighted by atomic mass is 16.8. The molecule has 0 bridgehead atoms. The lowest BCUT2D eigenvalue weighted by molar-refractivity contribution is -0.390. The molecular weight excluding hydrogens is 804 g/mol. The molecule has 61 heavy (non-hydrogen) atoms. The van der Waals surface area contributed by atoms with Crippen LogP contribution in [0.15, 0.2) is 24.3 Å². The van der Waals surface area contributed by atoms with Gasteiger partial charge in [0.05, 0.1) is 36.6 Å². The molecule has 18 nitrogen and oxygen atoms in total. The van der Waals surface area contributed by atoms with Gasteiger partial charge in [0.15, 0.2) is 25.2 Å². The van der Waals surface area contributed by atoms with Gasteiger partial charge in [-0.3, -0.25) is 0 Å². The number of hydrogen-bond acceptors (Lipinski definition) is 18. The van der Waals surface area contributed by atoms with E-state index in [2.05, 4.69) is 40.3 Å². The predicted molar refractivity (Wildman–Crippen MR) is 213 cm³/mol. The highest BCUT2D eigenvalue weighted by molar-refractivity contribution is 5.24. The van der Waals surface area contributed by atoms with Gasteiger partial charge >= 0.3 is 0 Å². The average Bonchev–Trinajstić information content (AvgIpc) is 3.22. The zero-order valence-electron chi connectivity index (χ0n) is 36.5. The molecule has 4 saturated heterocycles. The Hall–Kier alpha value is -1.24. The summed E-state index contributed by atoms with van der Waals surface area (Å²) in [5.41, 5.74) is -0.726. The fraction of sp³-hybridized carbons (Fsp3) is 0.907. The van der Waals surface area contributed by atoms with Gasteiger partial charge in [-0.05, 0) is 84.0 Å². The van der Waals surface area contributed by atoms with Crippen molar-refractivity contribution in [2.45, 2.75) is 216 Å². The van der Waals surface area contributed by atoms with Crippen LogP contribution in [0.3, 0.4) is 0 Å². The van der Waals surface area contributed by atoms with Crippen LogP contribution in [0.4, 0.5) is 0 Å². The first-order chi connectivity index (χ1) is 28.5.